The first kappa shape index (κ1) is 8.66. The molecule has 2 N–H and O–H groups in total. The van der Waals surface area contributed by atoms with E-state index in [9.17, 15) is 9.59 Å². The second-order valence-electron chi connectivity index (χ2n) is 1.97. The fourth-order valence-electron chi connectivity index (χ4n) is 0.571. The van der Waals surface area contributed by atoms with E-state index in [1.807, 2.05) is 0 Å². The third-order valence-electron chi connectivity index (χ3n) is 1.11. The van der Waals surface area contributed by atoms with Gasteiger partial charge in [0.05, 0.1) is 17.7 Å². The molecule has 0 aliphatic carbocycles. The van der Waals surface area contributed by atoms with Crippen LogP contribution in [-0.4, -0.2) is 22.0 Å². The first-order chi connectivity index (χ1) is 5.70. The van der Waals surface area contributed by atoms with Gasteiger partial charge in [-0.2, -0.15) is 0 Å². The molecule has 1 amide bonds. The second kappa shape index (κ2) is 3.82. The quantitative estimate of drug-likeness (QED) is 0.629. The van der Waals surface area contributed by atoms with E-state index in [0.29, 0.717) is 5.69 Å². The van der Waals surface area contributed by atoms with Crippen molar-refractivity contribution in [1.29, 1.82) is 0 Å². The van der Waals surface area contributed by atoms with Crippen LogP contribution >= 0.6 is 11.3 Å². The Bertz CT molecular complexity index is 283. The molecule has 0 unspecified atom stereocenters. The maximum Gasteiger partial charge on any atom is 0.394 e. The lowest BCUT2D eigenvalue weighted by Gasteiger charge is -1.96. The monoisotopic (exact) mass is 186 g/mol. The second-order valence-corrected chi connectivity index (χ2v) is 2.69. The number of aromatic nitrogens is 1. The first-order valence-electron chi connectivity index (χ1n) is 3.08. The van der Waals surface area contributed by atoms with Crippen LogP contribution in [0, 0.1) is 0 Å². The Balaban J connectivity index is 2.37. The predicted molar refractivity (Wildman–Crippen MR) is 41.6 cm³/mol. The number of carboxylic acids is 1. The number of hydrogen-bond donors (Lipinski definition) is 2. The summed E-state index contributed by atoms with van der Waals surface area (Å²) in [6.07, 6.45) is 0. The summed E-state index contributed by atoms with van der Waals surface area (Å²) in [7, 11) is 0. The summed E-state index contributed by atoms with van der Waals surface area (Å²) in [6.45, 7) is 0.161. The summed E-state index contributed by atoms with van der Waals surface area (Å²) in [5.74, 6) is -2.49. The zero-order valence-corrected chi connectivity index (χ0v) is 6.80. The zero-order chi connectivity index (χ0) is 8.97. The van der Waals surface area contributed by atoms with Crippen LogP contribution in [-0.2, 0) is 16.1 Å². The van der Waals surface area contributed by atoms with Gasteiger partial charge in [0.1, 0.15) is 0 Å². The van der Waals surface area contributed by atoms with Gasteiger partial charge in [-0.25, -0.2) is 9.78 Å². The van der Waals surface area contributed by atoms with Crippen LogP contribution in [0.25, 0.3) is 0 Å². The van der Waals surface area contributed by atoms with E-state index in [1.54, 1.807) is 10.9 Å². The lowest BCUT2D eigenvalue weighted by molar-refractivity contribution is -0.150. The molecule has 1 aromatic rings. The lowest BCUT2D eigenvalue weighted by atomic mass is 10.5. The smallest absolute Gasteiger partial charge is 0.394 e. The SMILES string of the molecule is O=C(O)C(=O)NCc1cscn1. The van der Waals surface area contributed by atoms with Gasteiger partial charge in [-0.05, 0) is 0 Å². The maximum absolute atomic E-state index is 10.5. The van der Waals surface area contributed by atoms with Crippen molar-refractivity contribution in [3.8, 4) is 0 Å². The molecule has 64 valence electrons. The normalized spacial score (nSPS) is 9.33. The molecule has 0 aliphatic heterocycles. The number of aliphatic carboxylic acids is 1. The number of nitrogens with one attached hydrogen (secondary N) is 1. The summed E-state index contributed by atoms with van der Waals surface area (Å²) < 4.78 is 0. The molecule has 1 heterocycles. The molecule has 0 aliphatic rings. The summed E-state index contributed by atoms with van der Waals surface area (Å²) >= 11 is 1.39. The van der Waals surface area contributed by atoms with Gasteiger partial charge in [0.25, 0.3) is 0 Å². The molecule has 0 aromatic carbocycles. The van der Waals surface area contributed by atoms with Crippen molar-refractivity contribution in [3.05, 3.63) is 16.6 Å². The number of nitrogens with zero attached hydrogens (tertiary/aromatic N) is 1. The minimum Gasteiger partial charge on any atom is -0.474 e. The van der Waals surface area contributed by atoms with Crippen LogP contribution in [0.5, 0.6) is 0 Å². The Morgan fingerprint density at radius 1 is 1.67 bits per heavy atom. The summed E-state index contributed by atoms with van der Waals surface area (Å²) in [4.78, 5) is 24.4. The van der Waals surface area contributed by atoms with Crippen molar-refractivity contribution in [1.82, 2.24) is 10.3 Å². The Kier molecular flexibility index (Phi) is 2.76. The van der Waals surface area contributed by atoms with Crippen molar-refractivity contribution in [2.75, 3.05) is 0 Å². The van der Waals surface area contributed by atoms with E-state index >= 15 is 0 Å². The predicted octanol–water partition coefficient (Wildman–Crippen LogP) is -0.156. The van der Waals surface area contributed by atoms with Gasteiger partial charge in [0.2, 0.25) is 0 Å². The van der Waals surface area contributed by atoms with Crippen molar-refractivity contribution >= 4 is 23.2 Å². The number of hydrogen-bond acceptors (Lipinski definition) is 4. The van der Waals surface area contributed by atoms with Crippen LogP contribution in [0.15, 0.2) is 10.9 Å². The number of carbonyl (C=O) groups excluding carboxylic acids is 1. The molecule has 1 aromatic heterocycles. The Hall–Kier alpha value is -1.43. The highest BCUT2D eigenvalue weighted by molar-refractivity contribution is 7.07. The highest BCUT2D eigenvalue weighted by atomic mass is 32.1. The molecule has 12 heavy (non-hydrogen) atoms. The number of rotatable bonds is 2. The van der Waals surface area contributed by atoms with Crippen LogP contribution < -0.4 is 5.32 Å². The molecular formula is C6H6N2O3S. The van der Waals surface area contributed by atoms with Crippen LogP contribution in [0.1, 0.15) is 5.69 Å². The topological polar surface area (TPSA) is 79.3 Å². The average Bonchev–Trinajstić information content (AvgIpc) is 2.51. The van der Waals surface area contributed by atoms with Crippen LogP contribution in [0.4, 0.5) is 0 Å². The Morgan fingerprint density at radius 2 is 2.42 bits per heavy atom. The van der Waals surface area contributed by atoms with Gasteiger partial charge < -0.3 is 10.4 Å². The van der Waals surface area contributed by atoms with Gasteiger partial charge in [0, 0.05) is 5.38 Å². The highest BCUT2D eigenvalue weighted by Gasteiger charge is 2.09. The molecule has 0 radical (unpaired) electrons. The van der Waals surface area contributed by atoms with E-state index in [-0.39, 0.29) is 6.54 Å². The maximum atomic E-state index is 10.5. The molecular weight excluding hydrogens is 180 g/mol. The van der Waals surface area contributed by atoms with Crippen LogP contribution in [0.2, 0.25) is 0 Å². The molecule has 0 fully saturated rings. The molecule has 1 rings (SSSR count). The highest BCUT2D eigenvalue weighted by Crippen LogP contribution is 1.99. The van der Waals surface area contributed by atoms with Crippen molar-refractivity contribution in [2.24, 2.45) is 0 Å². The fraction of sp³-hybridized carbons (Fsp3) is 0.167. The van der Waals surface area contributed by atoms with E-state index < -0.39 is 11.9 Å². The molecule has 0 atom stereocenters. The number of amides is 1. The molecule has 6 heteroatoms. The third kappa shape index (κ3) is 2.31. The van der Waals surface area contributed by atoms with Gasteiger partial charge in [-0.15, -0.1) is 11.3 Å². The van der Waals surface area contributed by atoms with Gasteiger partial charge in [0.15, 0.2) is 0 Å². The van der Waals surface area contributed by atoms with E-state index in [1.165, 1.54) is 11.3 Å². The van der Waals surface area contributed by atoms with E-state index in [0.717, 1.165) is 0 Å². The van der Waals surface area contributed by atoms with E-state index in [2.05, 4.69) is 10.3 Å². The molecule has 5 nitrogen and oxygen atoms in total. The zero-order valence-electron chi connectivity index (χ0n) is 5.98. The Morgan fingerprint density at radius 3 is 2.92 bits per heavy atom. The van der Waals surface area contributed by atoms with Gasteiger partial charge in [-0.1, -0.05) is 0 Å². The van der Waals surface area contributed by atoms with Crippen molar-refractivity contribution < 1.29 is 14.7 Å². The van der Waals surface area contributed by atoms with Gasteiger partial charge >= 0.3 is 11.9 Å². The molecule has 0 bridgehead atoms. The van der Waals surface area contributed by atoms with Crippen LogP contribution in [0.3, 0.4) is 0 Å². The number of thiazole rings is 1. The molecule has 0 spiro atoms. The van der Waals surface area contributed by atoms with Crippen molar-refractivity contribution in [2.45, 2.75) is 6.54 Å². The lowest BCUT2D eigenvalue weighted by Crippen LogP contribution is -2.30. The number of carboxylic acid groups (broad SMARTS) is 1. The third-order valence-corrected chi connectivity index (χ3v) is 1.74. The minimum atomic E-state index is -1.48. The minimum absolute atomic E-state index is 0.161. The standard InChI is InChI=1S/C6H6N2O3S/c9-5(6(10)11)7-1-4-2-12-3-8-4/h2-3H,1H2,(H,7,9)(H,10,11). The van der Waals surface area contributed by atoms with Gasteiger partial charge in [-0.3, -0.25) is 4.79 Å². The summed E-state index contributed by atoms with van der Waals surface area (Å²) in [5.41, 5.74) is 2.28. The largest absolute Gasteiger partial charge is 0.474 e. The summed E-state index contributed by atoms with van der Waals surface area (Å²) in [6, 6.07) is 0. The first-order valence-corrected chi connectivity index (χ1v) is 4.02. The average molecular weight is 186 g/mol. The van der Waals surface area contributed by atoms with E-state index in [4.69, 9.17) is 5.11 Å². The number of carbonyl (C=O) groups is 2. The molecule has 0 saturated heterocycles. The molecule has 0 saturated carbocycles. The summed E-state index contributed by atoms with van der Waals surface area (Å²) in [5, 5.41) is 12.1. The Labute approximate surface area is 72.1 Å². The fourth-order valence-corrected chi connectivity index (χ4v) is 1.13. The van der Waals surface area contributed by atoms with Crippen molar-refractivity contribution in [3.63, 3.8) is 0 Å².